The number of benzene rings is 1. The molecule has 3 heteroatoms. The second kappa shape index (κ2) is 5.72. The summed E-state index contributed by atoms with van der Waals surface area (Å²) >= 11 is 0. The van der Waals surface area contributed by atoms with Crippen LogP contribution in [0.3, 0.4) is 0 Å². The van der Waals surface area contributed by atoms with Gasteiger partial charge in [0.1, 0.15) is 5.84 Å². The van der Waals surface area contributed by atoms with Crippen molar-refractivity contribution in [3.63, 3.8) is 0 Å². The molecule has 1 aliphatic rings. The van der Waals surface area contributed by atoms with Gasteiger partial charge < -0.3 is 5.32 Å². The van der Waals surface area contributed by atoms with Crippen LogP contribution in [-0.4, -0.2) is 18.9 Å². The lowest BCUT2D eigenvalue weighted by molar-refractivity contribution is 0.589. The van der Waals surface area contributed by atoms with Crippen LogP contribution in [0.1, 0.15) is 43.0 Å². The SMILES string of the molecule is Cc1cc(C(C)(C)C)cc(C)c1CC1=NCCN1.F. The molecule has 2 rings (SSSR count). The van der Waals surface area contributed by atoms with Crippen LogP contribution in [0.15, 0.2) is 17.1 Å². The molecule has 0 bridgehead atoms. The van der Waals surface area contributed by atoms with Crippen LogP contribution in [0.5, 0.6) is 0 Å². The number of aryl methyl sites for hydroxylation is 2. The molecule has 1 N–H and O–H groups in total. The lowest BCUT2D eigenvalue weighted by Gasteiger charge is -2.22. The van der Waals surface area contributed by atoms with Crippen LogP contribution >= 0.6 is 0 Å². The van der Waals surface area contributed by atoms with Crippen LogP contribution in [-0.2, 0) is 11.8 Å². The van der Waals surface area contributed by atoms with Gasteiger partial charge in [0.2, 0.25) is 0 Å². The second-order valence-electron chi connectivity index (χ2n) is 6.27. The average molecular weight is 264 g/mol. The third-order valence-corrected chi connectivity index (χ3v) is 3.65. The molecule has 0 saturated carbocycles. The summed E-state index contributed by atoms with van der Waals surface area (Å²) in [5.41, 5.74) is 5.84. The summed E-state index contributed by atoms with van der Waals surface area (Å²) in [6.07, 6.45) is 0.947. The molecule has 1 aliphatic heterocycles. The zero-order valence-corrected chi connectivity index (χ0v) is 12.6. The van der Waals surface area contributed by atoms with Crippen LogP contribution < -0.4 is 5.32 Å². The molecule has 19 heavy (non-hydrogen) atoms. The van der Waals surface area contributed by atoms with Crippen molar-refractivity contribution in [1.29, 1.82) is 0 Å². The van der Waals surface area contributed by atoms with E-state index in [9.17, 15) is 0 Å². The average Bonchev–Trinajstić information content (AvgIpc) is 2.74. The third-order valence-electron chi connectivity index (χ3n) is 3.65. The number of rotatable bonds is 2. The predicted molar refractivity (Wildman–Crippen MR) is 81.1 cm³/mol. The van der Waals surface area contributed by atoms with Gasteiger partial charge in [-0.05, 0) is 41.5 Å². The van der Waals surface area contributed by atoms with E-state index in [4.69, 9.17) is 0 Å². The molecule has 0 saturated heterocycles. The van der Waals surface area contributed by atoms with Crippen molar-refractivity contribution in [3.05, 3.63) is 34.4 Å². The predicted octanol–water partition coefficient (Wildman–Crippen LogP) is 3.30. The molecule has 2 nitrogen and oxygen atoms in total. The van der Waals surface area contributed by atoms with Crippen molar-refractivity contribution in [2.75, 3.05) is 13.1 Å². The summed E-state index contributed by atoms with van der Waals surface area (Å²) in [6.45, 7) is 13.2. The normalized spacial score (nSPS) is 14.7. The zero-order chi connectivity index (χ0) is 13.3. The first-order valence-electron chi connectivity index (χ1n) is 6.76. The molecule has 106 valence electrons. The number of nitrogens with zero attached hydrogens (tertiary/aromatic N) is 1. The molecule has 0 amide bonds. The van der Waals surface area contributed by atoms with E-state index in [-0.39, 0.29) is 10.1 Å². The van der Waals surface area contributed by atoms with E-state index in [1.807, 2.05) is 0 Å². The van der Waals surface area contributed by atoms with Crippen molar-refractivity contribution < 1.29 is 4.70 Å². The highest BCUT2D eigenvalue weighted by atomic mass is 19.0. The standard InChI is InChI=1S/C16H24N2.FH/c1-11-8-13(16(3,4)5)9-12(2)14(11)10-15-17-6-7-18-15;/h8-9H,6-7,10H2,1-5H3,(H,17,18);1H. The number of nitrogens with one attached hydrogen (secondary N) is 1. The lowest BCUT2D eigenvalue weighted by atomic mass is 9.83. The van der Waals surface area contributed by atoms with Gasteiger partial charge in [-0.2, -0.15) is 0 Å². The highest BCUT2D eigenvalue weighted by Crippen LogP contribution is 2.27. The third kappa shape index (κ3) is 3.55. The monoisotopic (exact) mass is 264 g/mol. The maximum atomic E-state index is 4.49. The number of hydrogen-bond acceptors (Lipinski definition) is 2. The van der Waals surface area contributed by atoms with Crippen LogP contribution in [0, 0.1) is 13.8 Å². The minimum Gasteiger partial charge on any atom is -0.372 e. The first-order chi connectivity index (χ1) is 8.38. The fraction of sp³-hybridized carbons (Fsp3) is 0.562. The molecule has 0 aliphatic carbocycles. The van der Waals surface area contributed by atoms with Gasteiger partial charge in [0.25, 0.3) is 0 Å². The van der Waals surface area contributed by atoms with Gasteiger partial charge in [-0.3, -0.25) is 9.70 Å². The Balaban J connectivity index is 0.00000180. The van der Waals surface area contributed by atoms with Crippen molar-refractivity contribution in [1.82, 2.24) is 5.32 Å². The second-order valence-corrected chi connectivity index (χ2v) is 6.27. The molecular weight excluding hydrogens is 239 g/mol. The summed E-state index contributed by atoms with van der Waals surface area (Å²) < 4.78 is 0. The highest BCUT2D eigenvalue weighted by molar-refractivity contribution is 5.86. The summed E-state index contributed by atoms with van der Waals surface area (Å²) in [5, 5.41) is 3.35. The number of amidine groups is 1. The van der Waals surface area contributed by atoms with E-state index in [0.29, 0.717) is 0 Å². The smallest absolute Gasteiger partial charge is 0.101 e. The van der Waals surface area contributed by atoms with Gasteiger partial charge in [0, 0.05) is 13.0 Å². The van der Waals surface area contributed by atoms with Gasteiger partial charge >= 0.3 is 0 Å². The van der Waals surface area contributed by atoms with Gasteiger partial charge in [-0.25, -0.2) is 0 Å². The molecule has 0 radical (unpaired) electrons. The maximum Gasteiger partial charge on any atom is 0.101 e. The molecule has 0 aromatic heterocycles. The highest BCUT2D eigenvalue weighted by Gasteiger charge is 2.17. The Morgan fingerprint density at radius 2 is 1.74 bits per heavy atom. The van der Waals surface area contributed by atoms with E-state index in [1.165, 1.54) is 22.3 Å². The number of hydrogen-bond donors (Lipinski definition) is 1. The van der Waals surface area contributed by atoms with Gasteiger partial charge in [0.15, 0.2) is 0 Å². The van der Waals surface area contributed by atoms with E-state index in [0.717, 1.165) is 25.3 Å². The topological polar surface area (TPSA) is 24.4 Å². The fourth-order valence-corrected chi connectivity index (χ4v) is 2.44. The lowest BCUT2D eigenvalue weighted by Crippen LogP contribution is -2.22. The van der Waals surface area contributed by atoms with Crippen molar-refractivity contribution >= 4 is 5.84 Å². The zero-order valence-electron chi connectivity index (χ0n) is 12.6. The van der Waals surface area contributed by atoms with Crippen molar-refractivity contribution in [2.45, 2.75) is 46.5 Å². The molecule has 0 atom stereocenters. The maximum absolute atomic E-state index is 4.49. The van der Waals surface area contributed by atoms with Crippen LogP contribution in [0.25, 0.3) is 0 Å². The van der Waals surface area contributed by atoms with E-state index in [2.05, 4.69) is 57.1 Å². The first kappa shape index (κ1) is 15.7. The quantitative estimate of drug-likeness (QED) is 0.871. The molecule has 0 fully saturated rings. The summed E-state index contributed by atoms with van der Waals surface area (Å²) in [6, 6.07) is 4.66. The van der Waals surface area contributed by atoms with E-state index < -0.39 is 0 Å². The number of aliphatic imine (C=N–C) groups is 1. The van der Waals surface area contributed by atoms with Crippen molar-refractivity contribution in [3.8, 4) is 0 Å². The molecule has 1 aromatic rings. The van der Waals surface area contributed by atoms with Crippen LogP contribution in [0.4, 0.5) is 4.70 Å². The molecule has 1 heterocycles. The number of halogens is 1. The van der Waals surface area contributed by atoms with Gasteiger partial charge in [-0.1, -0.05) is 32.9 Å². The minimum absolute atomic E-state index is 0. The molecular formula is C16H25FN2. The molecule has 0 spiro atoms. The summed E-state index contributed by atoms with van der Waals surface area (Å²) in [7, 11) is 0. The Labute approximate surface area is 115 Å². The van der Waals surface area contributed by atoms with Gasteiger partial charge in [0.05, 0.1) is 6.54 Å². The van der Waals surface area contributed by atoms with Crippen LogP contribution in [0.2, 0.25) is 0 Å². The molecule has 1 aromatic carbocycles. The Morgan fingerprint density at radius 1 is 1.16 bits per heavy atom. The Hall–Kier alpha value is -1.38. The van der Waals surface area contributed by atoms with E-state index >= 15 is 0 Å². The summed E-state index contributed by atoms with van der Waals surface area (Å²) in [4.78, 5) is 4.49. The Kier molecular flexibility index (Phi) is 4.72. The minimum atomic E-state index is 0. The largest absolute Gasteiger partial charge is 0.372 e. The van der Waals surface area contributed by atoms with Gasteiger partial charge in [-0.15, -0.1) is 0 Å². The fourth-order valence-electron chi connectivity index (χ4n) is 2.44. The Bertz CT molecular complexity index is 461. The summed E-state index contributed by atoms with van der Waals surface area (Å²) in [5.74, 6) is 1.14. The van der Waals surface area contributed by atoms with Crippen molar-refractivity contribution in [2.24, 2.45) is 4.99 Å². The Morgan fingerprint density at radius 3 is 2.16 bits per heavy atom. The first-order valence-corrected chi connectivity index (χ1v) is 6.76. The van der Waals surface area contributed by atoms with E-state index in [1.54, 1.807) is 0 Å². The molecule has 0 unspecified atom stereocenters.